The third kappa shape index (κ3) is 4.32. The van der Waals surface area contributed by atoms with E-state index in [1.54, 1.807) is 29.2 Å². The number of anilines is 1. The van der Waals surface area contributed by atoms with E-state index in [-0.39, 0.29) is 23.1 Å². The molecule has 1 aliphatic heterocycles. The molecule has 0 fully saturated rings. The zero-order valence-corrected chi connectivity index (χ0v) is 18.7. The first-order valence-electron chi connectivity index (χ1n) is 10.1. The van der Waals surface area contributed by atoms with Crippen LogP contribution in [0.25, 0.3) is 0 Å². The summed E-state index contributed by atoms with van der Waals surface area (Å²) in [5, 5.41) is 0. The number of nitrogens with one attached hydrogen (secondary N) is 1. The molecule has 1 heterocycles. The first-order valence-corrected chi connectivity index (χ1v) is 11.6. The highest BCUT2D eigenvalue weighted by Gasteiger charge is 2.26. The van der Waals surface area contributed by atoms with Gasteiger partial charge in [0.25, 0.3) is 5.91 Å². The lowest BCUT2D eigenvalue weighted by atomic mass is 10.1. The Morgan fingerprint density at radius 2 is 1.78 bits per heavy atom. The molecule has 7 nitrogen and oxygen atoms in total. The minimum Gasteiger partial charge on any atom is -0.497 e. The summed E-state index contributed by atoms with van der Waals surface area (Å²) in [4.78, 5) is 14.6. The Labute approximate surface area is 187 Å². The third-order valence-electron chi connectivity index (χ3n) is 5.43. The number of hydrogen-bond acceptors (Lipinski definition) is 5. The average molecular weight is 453 g/mol. The molecule has 0 saturated heterocycles. The predicted molar refractivity (Wildman–Crippen MR) is 122 cm³/mol. The van der Waals surface area contributed by atoms with Crippen LogP contribution in [0.4, 0.5) is 5.69 Å². The van der Waals surface area contributed by atoms with E-state index in [0.29, 0.717) is 17.9 Å². The maximum atomic E-state index is 12.9. The number of carbonyl (C=O) groups is 1. The maximum Gasteiger partial charge on any atom is 0.258 e. The molecule has 32 heavy (non-hydrogen) atoms. The Kier molecular flexibility index (Phi) is 6.16. The van der Waals surface area contributed by atoms with E-state index in [0.717, 1.165) is 23.2 Å². The van der Waals surface area contributed by atoms with Crippen molar-refractivity contribution in [3.8, 4) is 11.5 Å². The van der Waals surface area contributed by atoms with E-state index in [1.807, 2.05) is 36.4 Å². The molecule has 3 aromatic rings. The smallest absolute Gasteiger partial charge is 0.258 e. The lowest BCUT2D eigenvalue weighted by molar-refractivity contribution is 0.0989. The zero-order valence-electron chi connectivity index (χ0n) is 17.9. The molecule has 0 unspecified atom stereocenters. The molecule has 0 atom stereocenters. The number of fused-ring (bicyclic) bond motifs is 1. The number of amides is 1. The molecule has 3 aromatic carbocycles. The van der Waals surface area contributed by atoms with Crippen molar-refractivity contribution in [3.63, 3.8) is 0 Å². The normalized spacial score (nSPS) is 13.0. The second kappa shape index (κ2) is 9.02. The number of rotatable bonds is 7. The fourth-order valence-corrected chi connectivity index (χ4v) is 4.96. The summed E-state index contributed by atoms with van der Waals surface area (Å²) in [6, 6.07) is 19.4. The molecule has 1 amide bonds. The van der Waals surface area contributed by atoms with E-state index in [2.05, 4.69) is 4.72 Å². The van der Waals surface area contributed by atoms with Crippen LogP contribution in [-0.4, -0.2) is 35.1 Å². The molecule has 1 N–H and O–H groups in total. The van der Waals surface area contributed by atoms with E-state index in [4.69, 9.17) is 9.47 Å². The predicted octanol–water partition coefficient (Wildman–Crippen LogP) is 3.39. The number of sulfonamides is 1. The van der Waals surface area contributed by atoms with Gasteiger partial charge in [-0.05, 0) is 47.9 Å². The standard InChI is InChI=1S/C24H24N2O5S/c1-30-20-9-11-22(31-2)23(15-20)32(28,29)25-16-17-8-10-21-19(14-17)12-13-26(21)24(27)18-6-4-3-5-7-18/h3-11,14-15,25H,12-13,16H2,1-2H3. The van der Waals surface area contributed by atoms with Crippen LogP contribution in [0.1, 0.15) is 21.5 Å². The van der Waals surface area contributed by atoms with Crippen molar-refractivity contribution in [2.75, 3.05) is 25.7 Å². The second-order valence-corrected chi connectivity index (χ2v) is 9.11. The molecule has 0 aliphatic carbocycles. The van der Waals surface area contributed by atoms with Crippen LogP contribution in [-0.2, 0) is 23.0 Å². The van der Waals surface area contributed by atoms with Crippen molar-refractivity contribution >= 4 is 21.6 Å². The van der Waals surface area contributed by atoms with E-state index >= 15 is 0 Å². The van der Waals surface area contributed by atoms with Gasteiger partial charge in [0.15, 0.2) is 0 Å². The Bertz CT molecular complexity index is 1240. The van der Waals surface area contributed by atoms with Gasteiger partial charge in [-0.15, -0.1) is 0 Å². The number of benzene rings is 3. The van der Waals surface area contributed by atoms with Gasteiger partial charge in [0.1, 0.15) is 16.4 Å². The average Bonchev–Trinajstić information content (AvgIpc) is 3.25. The number of carbonyl (C=O) groups excluding carboxylic acids is 1. The van der Waals surface area contributed by atoms with Gasteiger partial charge < -0.3 is 14.4 Å². The molecule has 0 spiro atoms. The van der Waals surface area contributed by atoms with Gasteiger partial charge in [-0.1, -0.05) is 30.3 Å². The Balaban J connectivity index is 1.51. The minimum absolute atomic E-state index is 0.0140. The van der Waals surface area contributed by atoms with Crippen molar-refractivity contribution in [3.05, 3.63) is 83.4 Å². The lowest BCUT2D eigenvalue weighted by Gasteiger charge is -2.18. The van der Waals surface area contributed by atoms with Crippen LogP contribution in [0.3, 0.4) is 0 Å². The fourth-order valence-electron chi connectivity index (χ4n) is 3.76. The molecule has 0 aromatic heterocycles. The lowest BCUT2D eigenvalue weighted by Crippen LogP contribution is -2.28. The summed E-state index contributed by atoms with van der Waals surface area (Å²) < 4.78 is 38.7. The summed E-state index contributed by atoms with van der Waals surface area (Å²) in [5.74, 6) is 0.622. The van der Waals surface area contributed by atoms with Crippen molar-refractivity contribution in [1.82, 2.24) is 4.72 Å². The van der Waals surface area contributed by atoms with Gasteiger partial charge in [0.2, 0.25) is 10.0 Å². The molecule has 8 heteroatoms. The molecule has 1 aliphatic rings. The van der Waals surface area contributed by atoms with E-state index in [1.165, 1.54) is 20.3 Å². The fraction of sp³-hybridized carbons (Fsp3) is 0.208. The van der Waals surface area contributed by atoms with Crippen LogP contribution >= 0.6 is 0 Å². The van der Waals surface area contributed by atoms with Gasteiger partial charge in [-0.2, -0.15) is 0 Å². The first-order chi connectivity index (χ1) is 15.4. The summed E-state index contributed by atoms with van der Waals surface area (Å²) in [5.41, 5.74) is 3.33. The van der Waals surface area contributed by atoms with Crippen LogP contribution in [0.5, 0.6) is 11.5 Å². The summed E-state index contributed by atoms with van der Waals surface area (Å²) >= 11 is 0. The van der Waals surface area contributed by atoms with Gasteiger partial charge in [0.05, 0.1) is 14.2 Å². The molecule has 0 saturated carbocycles. The minimum atomic E-state index is -3.83. The Hall–Kier alpha value is -3.36. The molecular weight excluding hydrogens is 428 g/mol. The molecule has 166 valence electrons. The van der Waals surface area contributed by atoms with Crippen molar-refractivity contribution in [1.29, 1.82) is 0 Å². The topological polar surface area (TPSA) is 84.9 Å². The van der Waals surface area contributed by atoms with Gasteiger partial charge in [-0.25, -0.2) is 13.1 Å². The monoisotopic (exact) mass is 452 g/mol. The SMILES string of the molecule is COc1ccc(OC)c(S(=O)(=O)NCc2ccc3c(c2)CCN3C(=O)c2ccccc2)c1. The van der Waals surface area contributed by atoms with Crippen LogP contribution in [0, 0.1) is 0 Å². The van der Waals surface area contributed by atoms with Crippen LogP contribution in [0.2, 0.25) is 0 Å². The highest BCUT2D eigenvalue weighted by molar-refractivity contribution is 7.89. The van der Waals surface area contributed by atoms with Gasteiger partial charge in [-0.3, -0.25) is 4.79 Å². The molecule has 0 bridgehead atoms. The van der Waals surface area contributed by atoms with Crippen molar-refractivity contribution in [2.24, 2.45) is 0 Å². The first kappa shape index (κ1) is 21.9. The number of ether oxygens (including phenoxy) is 2. The van der Waals surface area contributed by atoms with Crippen molar-refractivity contribution in [2.45, 2.75) is 17.9 Å². The summed E-state index contributed by atoms with van der Waals surface area (Å²) in [6.45, 7) is 0.710. The van der Waals surface area contributed by atoms with Crippen molar-refractivity contribution < 1.29 is 22.7 Å². The largest absolute Gasteiger partial charge is 0.497 e. The quantitative estimate of drug-likeness (QED) is 0.594. The van der Waals surface area contributed by atoms with E-state index in [9.17, 15) is 13.2 Å². The highest BCUT2D eigenvalue weighted by atomic mass is 32.2. The highest BCUT2D eigenvalue weighted by Crippen LogP contribution is 2.31. The molecule has 4 rings (SSSR count). The number of nitrogens with zero attached hydrogens (tertiary/aromatic N) is 1. The summed E-state index contributed by atoms with van der Waals surface area (Å²) in [7, 11) is -0.933. The summed E-state index contributed by atoms with van der Waals surface area (Å²) in [6.07, 6.45) is 0.720. The third-order valence-corrected chi connectivity index (χ3v) is 6.85. The van der Waals surface area contributed by atoms with Gasteiger partial charge >= 0.3 is 0 Å². The Morgan fingerprint density at radius 3 is 2.50 bits per heavy atom. The Morgan fingerprint density at radius 1 is 1.00 bits per heavy atom. The van der Waals surface area contributed by atoms with Crippen LogP contribution < -0.4 is 19.1 Å². The van der Waals surface area contributed by atoms with E-state index < -0.39 is 10.0 Å². The molecule has 0 radical (unpaired) electrons. The zero-order chi connectivity index (χ0) is 22.7. The maximum absolute atomic E-state index is 12.9. The number of hydrogen-bond donors (Lipinski definition) is 1. The molecular formula is C24H24N2O5S. The second-order valence-electron chi connectivity index (χ2n) is 7.38. The van der Waals surface area contributed by atoms with Crippen LogP contribution in [0.15, 0.2) is 71.6 Å². The van der Waals surface area contributed by atoms with Gasteiger partial charge in [0, 0.05) is 30.4 Å². The number of methoxy groups -OCH3 is 2.